The van der Waals surface area contributed by atoms with Gasteiger partial charge in [-0.05, 0) is 61.4 Å². The van der Waals surface area contributed by atoms with Gasteiger partial charge in [0.15, 0.2) is 0 Å². The molecule has 0 heterocycles. The van der Waals surface area contributed by atoms with E-state index in [1.165, 1.54) is 0 Å². The van der Waals surface area contributed by atoms with Crippen LogP contribution in [0.5, 0.6) is 0 Å². The van der Waals surface area contributed by atoms with Crippen LogP contribution < -0.4 is 21.3 Å². The molecule has 2 atom stereocenters. The molecular formula is C20H22Cl2N4O2. The van der Waals surface area contributed by atoms with Gasteiger partial charge in [-0.1, -0.05) is 36.0 Å². The van der Waals surface area contributed by atoms with E-state index >= 15 is 0 Å². The van der Waals surface area contributed by atoms with Gasteiger partial charge < -0.3 is 21.3 Å². The average Bonchev–Trinajstić information content (AvgIpc) is 2.67. The number of urea groups is 2. The first kappa shape index (κ1) is 20.3. The van der Waals surface area contributed by atoms with E-state index in [1.807, 2.05) is 0 Å². The smallest absolute Gasteiger partial charge is 0.319 e. The summed E-state index contributed by atoms with van der Waals surface area (Å²) < 4.78 is 0. The van der Waals surface area contributed by atoms with Crippen LogP contribution in [0, 0.1) is 0 Å². The zero-order valence-electron chi connectivity index (χ0n) is 15.2. The van der Waals surface area contributed by atoms with Crippen molar-refractivity contribution in [3.8, 4) is 0 Å². The van der Waals surface area contributed by atoms with E-state index in [2.05, 4.69) is 21.3 Å². The molecule has 4 amide bonds. The van der Waals surface area contributed by atoms with Crippen molar-refractivity contribution in [2.45, 2.75) is 37.8 Å². The second-order valence-corrected chi connectivity index (χ2v) is 7.58. The van der Waals surface area contributed by atoms with Crippen molar-refractivity contribution >= 4 is 46.6 Å². The number of benzene rings is 2. The van der Waals surface area contributed by atoms with E-state index in [9.17, 15) is 9.59 Å². The molecule has 1 fully saturated rings. The number of amides is 4. The number of nitrogens with one attached hydrogen (secondary N) is 4. The Labute approximate surface area is 174 Å². The van der Waals surface area contributed by atoms with E-state index in [4.69, 9.17) is 23.2 Å². The van der Waals surface area contributed by atoms with E-state index in [1.54, 1.807) is 48.5 Å². The lowest BCUT2D eigenvalue weighted by molar-refractivity contribution is 0.225. The minimum Gasteiger partial charge on any atom is -0.333 e. The van der Waals surface area contributed by atoms with E-state index in [-0.39, 0.29) is 24.1 Å². The molecular weight excluding hydrogens is 399 g/mol. The largest absolute Gasteiger partial charge is 0.333 e. The quantitative estimate of drug-likeness (QED) is 0.544. The lowest BCUT2D eigenvalue weighted by Crippen LogP contribution is -2.54. The van der Waals surface area contributed by atoms with Crippen LogP contribution in [0.4, 0.5) is 21.0 Å². The topological polar surface area (TPSA) is 82.3 Å². The molecule has 2 aromatic rings. The fraction of sp³-hybridized carbons (Fsp3) is 0.300. The van der Waals surface area contributed by atoms with Gasteiger partial charge in [0.2, 0.25) is 0 Å². The van der Waals surface area contributed by atoms with Gasteiger partial charge in [-0.2, -0.15) is 0 Å². The second kappa shape index (κ2) is 9.66. The molecule has 4 N–H and O–H groups in total. The lowest BCUT2D eigenvalue weighted by atomic mass is 9.90. The van der Waals surface area contributed by atoms with Crippen LogP contribution in [0.25, 0.3) is 0 Å². The number of hydrogen-bond acceptors (Lipinski definition) is 2. The normalized spacial score (nSPS) is 18.8. The molecule has 0 bridgehead atoms. The van der Waals surface area contributed by atoms with Gasteiger partial charge in [-0.3, -0.25) is 0 Å². The molecule has 0 aromatic heterocycles. The second-order valence-electron chi connectivity index (χ2n) is 6.71. The Morgan fingerprint density at radius 3 is 1.39 bits per heavy atom. The molecule has 0 aliphatic heterocycles. The molecule has 0 unspecified atom stereocenters. The Hall–Kier alpha value is -2.44. The van der Waals surface area contributed by atoms with E-state index < -0.39 is 0 Å². The Balaban J connectivity index is 1.54. The number of rotatable bonds is 4. The third-order valence-corrected chi connectivity index (χ3v) is 5.11. The Kier molecular flexibility index (Phi) is 7.01. The van der Waals surface area contributed by atoms with Gasteiger partial charge in [0, 0.05) is 21.4 Å². The maximum Gasteiger partial charge on any atom is 0.319 e. The molecule has 2 aromatic carbocycles. The molecule has 1 saturated carbocycles. The zero-order chi connectivity index (χ0) is 19.9. The number of hydrogen-bond donors (Lipinski definition) is 4. The number of carbonyl (C=O) groups is 2. The molecule has 0 saturated heterocycles. The Morgan fingerprint density at radius 2 is 1.04 bits per heavy atom. The molecule has 3 rings (SSSR count). The van der Waals surface area contributed by atoms with Crippen LogP contribution in [0.15, 0.2) is 48.5 Å². The van der Waals surface area contributed by atoms with Gasteiger partial charge in [-0.25, -0.2) is 9.59 Å². The van der Waals surface area contributed by atoms with Crippen molar-refractivity contribution < 1.29 is 9.59 Å². The maximum absolute atomic E-state index is 12.3. The summed E-state index contributed by atoms with van der Waals surface area (Å²) in [7, 11) is 0. The van der Waals surface area contributed by atoms with Crippen molar-refractivity contribution in [2.24, 2.45) is 0 Å². The zero-order valence-corrected chi connectivity index (χ0v) is 16.7. The van der Waals surface area contributed by atoms with Gasteiger partial charge in [0.05, 0.1) is 12.1 Å². The highest BCUT2D eigenvalue weighted by atomic mass is 35.5. The molecule has 148 valence electrons. The lowest BCUT2D eigenvalue weighted by Gasteiger charge is -2.32. The first-order valence-electron chi connectivity index (χ1n) is 9.16. The van der Waals surface area contributed by atoms with Crippen LogP contribution >= 0.6 is 23.2 Å². The summed E-state index contributed by atoms with van der Waals surface area (Å²) in [6, 6.07) is 12.9. The first-order valence-corrected chi connectivity index (χ1v) is 9.91. The van der Waals surface area contributed by atoms with Crippen molar-refractivity contribution in [1.29, 1.82) is 0 Å². The maximum atomic E-state index is 12.3. The molecule has 0 radical (unpaired) electrons. The highest BCUT2D eigenvalue weighted by Crippen LogP contribution is 2.20. The molecule has 6 nitrogen and oxygen atoms in total. The van der Waals surface area contributed by atoms with Crippen molar-refractivity contribution in [2.75, 3.05) is 10.6 Å². The van der Waals surface area contributed by atoms with Crippen LogP contribution in [0.3, 0.4) is 0 Å². The first-order chi connectivity index (χ1) is 13.5. The average molecular weight is 421 g/mol. The van der Waals surface area contributed by atoms with E-state index in [0.717, 1.165) is 25.7 Å². The summed E-state index contributed by atoms with van der Waals surface area (Å²) in [6.45, 7) is 0. The molecule has 0 spiro atoms. The summed E-state index contributed by atoms with van der Waals surface area (Å²) in [5.41, 5.74) is 1.31. The Morgan fingerprint density at radius 1 is 0.679 bits per heavy atom. The standard InChI is InChI=1S/C20H22Cl2N4O2/c21-13-5-9-15(10-6-13)23-19(27)25-17-3-1-2-4-18(17)26-20(28)24-16-11-7-14(22)8-12-16/h5-12,17-18H,1-4H2,(H2,23,25,27)(H2,24,26,28)/t17-,18-/m1/s1. The highest BCUT2D eigenvalue weighted by Gasteiger charge is 2.27. The minimum absolute atomic E-state index is 0.142. The fourth-order valence-corrected chi connectivity index (χ4v) is 3.47. The van der Waals surface area contributed by atoms with E-state index in [0.29, 0.717) is 21.4 Å². The summed E-state index contributed by atoms with van der Waals surface area (Å²) >= 11 is 11.7. The third kappa shape index (κ3) is 6.04. The van der Waals surface area contributed by atoms with Crippen molar-refractivity contribution in [3.63, 3.8) is 0 Å². The highest BCUT2D eigenvalue weighted by molar-refractivity contribution is 6.30. The van der Waals surface area contributed by atoms with Crippen molar-refractivity contribution in [1.82, 2.24) is 10.6 Å². The van der Waals surface area contributed by atoms with Crippen LogP contribution in [0.2, 0.25) is 10.0 Å². The predicted octanol–water partition coefficient (Wildman–Crippen LogP) is 5.25. The monoisotopic (exact) mass is 420 g/mol. The number of halogens is 2. The third-order valence-electron chi connectivity index (χ3n) is 4.60. The van der Waals surface area contributed by atoms with Crippen LogP contribution in [-0.4, -0.2) is 24.1 Å². The minimum atomic E-state index is -0.306. The summed E-state index contributed by atoms with van der Waals surface area (Å²) in [5, 5.41) is 12.7. The van der Waals surface area contributed by atoms with Crippen molar-refractivity contribution in [3.05, 3.63) is 58.6 Å². The number of anilines is 2. The summed E-state index contributed by atoms with van der Waals surface area (Å²) in [6.07, 6.45) is 3.62. The van der Waals surface area contributed by atoms with Gasteiger partial charge >= 0.3 is 12.1 Å². The molecule has 1 aliphatic carbocycles. The molecule has 28 heavy (non-hydrogen) atoms. The van der Waals surface area contributed by atoms with Crippen LogP contribution in [-0.2, 0) is 0 Å². The van der Waals surface area contributed by atoms with Crippen LogP contribution in [0.1, 0.15) is 25.7 Å². The van der Waals surface area contributed by atoms with Gasteiger partial charge in [-0.15, -0.1) is 0 Å². The van der Waals surface area contributed by atoms with Gasteiger partial charge in [0.1, 0.15) is 0 Å². The number of carbonyl (C=O) groups excluding carboxylic acids is 2. The SMILES string of the molecule is O=C(Nc1ccc(Cl)cc1)N[C@@H]1CCCC[C@H]1NC(=O)Nc1ccc(Cl)cc1. The fourth-order valence-electron chi connectivity index (χ4n) is 3.21. The van der Waals surface area contributed by atoms with Gasteiger partial charge in [0.25, 0.3) is 0 Å². The summed E-state index contributed by atoms with van der Waals surface area (Å²) in [4.78, 5) is 24.6. The molecule has 8 heteroatoms. The Bertz CT molecular complexity index is 742. The molecule has 1 aliphatic rings. The predicted molar refractivity (Wildman–Crippen MR) is 113 cm³/mol. The summed E-state index contributed by atoms with van der Waals surface area (Å²) in [5.74, 6) is 0.